The molecule has 3 nitrogen and oxygen atoms in total. The number of rotatable bonds is 2. The van der Waals surface area contributed by atoms with Gasteiger partial charge >= 0.3 is 0 Å². The molecule has 1 aromatic carbocycles. The van der Waals surface area contributed by atoms with Gasteiger partial charge in [-0.25, -0.2) is 0 Å². The van der Waals surface area contributed by atoms with E-state index in [4.69, 9.17) is 0 Å². The molecule has 1 aliphatic rings. The van der Waals surface area contributed by atoms with Crippen molar-refractivity contribution in [2.24, 2.45) is 0 Å². The molecule has 0 fully saturated rings. The van der Waals surface area contributed by atoms with Crippen LogP contribution in [0, 0.1) is 0 Å². The van der Waals surface area contributed by atoms with E-state index < -0.39 is 0 Å². The van der Waals surface area contributed by atoms with Crippen molar-refractivity contribution in [1.82, 2.24) is 4.90 Å². The minimum absolute atomic E-state index is 0.159. The Balaban J connectivity index is 2.11. The van der Waals surface area contributed by atoms with Crippen LogP contribution in [0.4, 0.5) is 5.69 Å². The predicted molar refractivity (Wildman–Crippen MR) is 61.1 cm³/mol. The first-order valence-electron chi connectivity index (χ1n) is 5.21. The van der Waals surface area contributed by atoms with Gasteiger partial charge in [0.15, 0.2) is 0 Å². The molecule has 80 valence electrons. The summed E-state index contributed by atoms with van der Waals surface area (Å²) in [5, 5.41) is 0. The van der Waals surface area contributed by atoms with Gasteiger partial charge in [-0.2, -0.15) is 0 Å². The number of amides is 1. The lowest BCUT2D eigenvalue weighted by Crippen LogP contribution is -2.35. The zero-order valence-electron chi connectivity index (χ0n) is 9.23. The van der Waals surface area contributed by atoms with Crippen LogP contribution in [-0.2, 0) is 11.2 Å². The summed E-state index contributed by atoms with van der Waals surface area (Å²) >= 11 is 0. The largest absolute Gasteiger partial charge is 0.362 e. The van der Waals surface area contributed by atoms with Gasteiger partial charge in [0.05, 0.1) is 6.54 Å². The number of carbonyl (C=O) groups is 1. The normalized spacial score (nSPS) is 13.9. The van der Waals surface area contributed by atoms with Crippen LogP contribution in [0.15, 0.2) is 24.3 Å². The SMILES string of the molecule is CN(C)C(=O)CN1CCc2ccccc21. The van der Waals surface area contributed by atoms with Gasteiger partial charge in [0.25, 0.3) is 0 Å². The van der Waals surface area contributed by atoms with E-state index in [1.165, 1.54) is 11.3 Å². The Hall–Kier alpha value is -1.51. The van der Waals surface area contributed by atoms with Crippen molar-refractivity contribution in [3.63, 3.8) is 0 Å². The Morgan fingerprint density at radius 2 is 2.13 bits per heavy atom. The molecule has 1 amide bonds. The molecule has 1 heterocycles. The number of anilines is 1. The molecule has 0 aromatic heterocycles. The molecule has 0 aliphatic carbocycles. The maximum Gasteiger partial charge on any atom is 0.241 e. The van der Waals surface area contributed by atoms with Gasteiger partial charge in [-0.15, -0.1) is 0 Å². The van der Waals surface area contributed by atoms with E-state index in [1.807, 2.05) is 6.07 Å². The fraction of sp³-hybridized carbons (Fsp3) is 0.417. The maximum absolute atomic E-state index is 11.6. The number of nitrogens with zero attached hydrogens (tertiary/aromatic N) is 2. The van der Waals surface area contributed by atoms with Crippen molar-refractivity contribution < 1.29 is 4.79 Å². The highest BCUT2D eigenvalue weighted by Crippen LogP contribution is 2.26. The van der Waals surface area contributed by atoms with Crippen molar-refractivity contribution in [3.05, 3.63) is 29.8 Å². The van der Waals surface area contributed by atoms with Gasteiger partial charge in [0.1, 0.15) is 0 Å². The van der Waals surface area contributed by atoms with Crippen LogP contribution in [0.5, 0.6) is 0 Å². The fourth-order valence-corrected chi connectivity index (χ4v) is 1.88. The molecule has 0 spiro atoms. The average molecular weight is 204 g/mol. The van der Waals surface area contributed by atoms with E-state index in [2.05, 4.69) is 23.1 Å². The average Bonchev–Trinajstić information content (AvgIpc) is 2.62. The molecule has 2 rings (SSSR count). The van der Waals surface area contributed by atoms with Crippen molar-refractivity contribution >= 4 is 11.6 Å². The number of hydrogen-bond donors (Lipinski definition) is 0. The summed E-state index contributed by atoms with van der Waals surface area (Å²) in [6, 6.07) is 8.30. The summed E-state index contributed by atoms with van der Waals surface area (Å²) in [4.78, 5) is 15.4. The Kier molecular flexibility index (Phi) is 2.62. The Morgan fingerprint density at radius 3 is 2.87 bits per heavy atom. The Morgan fingerprint density at radius 1 is 1.40 bits per heavy atom. The highest BCUT2D eigenvalue weighted by molar-refractivity contribution is 5.81. The number of carbonyl (C=O) groups excluding carboxylic acids is 1. The lowest BCUT2D eigenvalue weighted by Gasteiger charge is -2.20. The molecule has 15 heavy (non-hydrogen) atoms. The van der Waals surface area contributed by atoms with Gasteiger partial charge in [-0.1, -0.05) is 18.2 Å². The molecule has 3 heteroatoms. The Labute approximate surface area is 90.3 Å². The fourth-order valence-electron chi connectivity index (χ4n) is 1.88. The number of likely N-dealkylation sites (N-methyl/N-ethyl adjacent to an activating group) is 1. The quantitative estimate of drug-likeness (QED) is 0.721. The zero-order valence-corrected chi connectivity index (χ0v) is 9.23. The van der Waals surface area contributed by atoms with Gasteiger partial charge in [0.2, 0.25) is 5.91 Å². The predicted octanol–water partition coefficient (Wildman–Crippen LogP) is 1.14. The minimum atomic E-state index is 0.159. The summed E-state index contributed by atoms with van der Waals surface area (Å²) in [5.74, 6) is 0.159. The van der Waals surface area contributed by atoms with E-state index in [-0.39, 0.29) is 5.91 Å². The van der Waals surface area contributed by atoms with Crippen LogP contribution in [0.1, 0.15) is 5.56 Å². The van der Waals surface area contributed by atoms with E-state index >= 15 is 0 Å². The molecule has 1 aromatic rings. The van der Waals surface area contributed by atoms with Crippen molar-refractivity contribution in [3.8, 4) is 0 Å². The second-order valence-corrected chi connectivity index (χ2v) is 4.09. The van der Waals surface area contributed by atoms with Crippen molar-refractivity contribution in [2.75, 3.05) is 32.1 Å². The highest BCUT2D eigenvalue weighted by Gasteiger charge is 2.20. The van der Waals surface area contributed by atoms with Crippen LogP contribution < -0.4 is 4.90 Å². The number of benzene rings is 1. The molecule has 0 unspecified atom stereocenters. The lowest BCUT2D eigenvalue weighted by molar-refractivity contribution is -0.127. The highest BCUT2D eigenvalue weighted by atomic mass is 16.2. The first-order chi connectivity index (χ1) is 7.18. The first-order valence-corrected chi connectivity index (χ1v) is 5.21. The van der Waals surface area contributed by atoms with Gasteiger partial charge in [-0.05, 0) is 18.1 Å². The molecule has 0 N–H and O–H groups in total. The lowest BCUT2D eigenvalue weighted by atomic mass is 10.2. The van der Waals surface area contributed by atoms with E-state index in [9.17, 15) is 4.79 Å². The first kappa shape index (κ1) is 10.0. The standard InChI is InChI=1S/C12H16N2O/c1-13(2)12(15)9-14-8-7-10-5-3-4-6-11(10)14/h3-6H,7-9H2,1-2H3. The van der Waals surface area contributed by atoms with Crippen LogP contribution >= 0.6 is 0 Å². The molecule has 0 saturated carbocycles. The van der Waals surface area contributed by atoms with Crippen LogP contribution in [0.2, 0.25) is 0 Å². The van der Waals surface area contributed by atoms with Gasteiger partial charge < -0.3 is 9.80 Å². The topological polar surface area (TPSA) is 23.6 Å². The molecule has 0 bridgehead atoms. The number of hydrogen-bond acceptors (Lipinski definition) is 2. The summed E-state index contributed by atoms with van der Waals surface area (Å²) in [7, 11) is 3.59. The van der Waals surface area contributed by atoms with E-state index in [1.54, 1.807) is 19.0 Å². The molecular weight excluding hydrogens is 188 g/mol. The number of fused-ring (bicyclic) bond motifs is 1. The third kappa shape index (κ3) is 1.96. The number of para-hydroxylation sites is 1. The molecular formula is C12H16N2O. The summed E-state index contributed by atoms with van der Waals surface area (Å²) in [6.07, 6.45) is 1.05. The summed E-state index contributed by atoms with van der Waals surface area (Å²) in [5.41, 5.74) is 2.57. The smallest absolute Gasteiger partial charge is 0.241 e. The van der Waals surface area contributed by atoms with Gasteiger partial charge in [0, 0.05) is 26.3 Å². The molecule has 0 atom stereocenters. The van der Waals surface area contributed by atoms with E-state index in [0.29, 0.717) is 6.54 Å². The van der Waals surface area contributed by atoms with Crippen molar-refractivity contribution in [1.29, 1.82) is 0 Å². The van der Waals surface area contributed by atoms with Crippen LogP contribution in [0.3, 0.4) is 0 Å². The van der Waals surface area contributed by atoms with Crippen LogP contribution in [0.25, 0.3) is 0 Å². The third-order valence-corrected chi connectivity index (χ3v) is 2.81. The van der Waals surface area contributed by atoms with E-state index in [0.717, 1.165) is 13.0 Å². The third-order valence-electron chi connectivity index (χ3n) is 2.81. The molecule has 0 radical (unpaired) electrons. The Bertz CT molecular complexity index is 374. The minimum Gasteiger partial charge on any atom is -0.362 e. The summed E-state index contributed by atoms with van der Waals surface area (Å²) < 4.78 is 0. The second kappa shape index (κ2) is 3.93. The molecule has 0 saturated heterocycles. The molecule has 1 aliphatic heterocycles. The van der Waals surface area contributed by atoms with Crippen molar-refractivity contribution in [2.45, 2.75) is 6.42 Å². The van der Waals surface area contributed by atoms with Crippen LogP contribution in [-0.4, -0.2) is 38.0 Å². The monoisotopic (exact) mass is 204 g/mol. The van der Waals surface area contributed by atoms with Gasteiger partial charge in [-0.3, -0.25) is 4.79 Å². The summed E-state index contributed by atoms with van der Waals surface area (Å²) in [6.45, 7) is 1.45. The maximum atomic E-state index is 11.6. The second-order valence-electron chi connectivity index (χ2n) is 4.09. The zero-order chi connectivity index (χ0) is 10.8.